The molecule has 0 bridgehead atoms. The van der Waals surface area contributed by atoms with Gasteiger partial charge in [0.15, 0.2) is 5.82 Å². The van der Waals surface area contributed by atoms with Crippen LogP contribution in [0, 0.1) is 17.1 Å². The van der Waals surface area contributed by atoms with Crippen molar-refractivity contribution in [2.75, 3.05) is 0 Å². The summed E-state index contributed by atoms with van der Waals surface area (Å²) in [4.78, 5) is 8.51. The first-order valence-corrected chi connectivity index (χ1v) is 7.74. The van der Waals surface area contributed by atoms with Crippen LogP contribution < -0.4 is 0 Å². The van der Waals surface area contributed by atoms with Crippen LogP contribution in [-0.4, -0.2) is 19.7 Å². The minimum atomic E-state index is -0.327. The minimum Gasteiger partial charge on any atom is -0.258 e. The number of pyridine rings is 2. The van der Waals surface area contributed by atoms with Crippen molar-refractivity contribution in [3.8, 4) is 11.9 Å². The quantitative estimate of drug-likeness (QED) is 0.723. The molecule has 0 saturated carbocycles. The summed E-state index contributed by atoms with van der Waals surface area (Å²) in [7, 11) is 0. The maximum atomic E-state index is 13.5. The fourth-order valence-electron chi connectivity index (χ4n) is 2.63. The van der Waals surface area contributed by atoms with Gasteiger partial charge in [0.05, 0.1) is 17.5 Å². The van der Waals surface area contributed by atoms with Crippen LogP contribution in [0.15, 0.2) is 42.9 Å². The van der Waals surface area contributed by atoms with E-state index in [0.29, 0.717) is 17.8 Å². The molecule has 6 heteroatoms. The zero-order chi connectivity index (χ0) is 16.9. The van der Waals surface area contributed by atoms with Crippen molar-refractivity contribution in [2.24, 2.45) is 0 Å². The number of hydrogen-bond acceptors (Lipinski definition) is 4. The van der Waals surface area contributed by atoms with Gasteiger partial charge in [-0.3, -0.25) is 4.98 Å². The Labute approximate surface area is 139 Å². The summed E-state index contributed by atoms with van der Waals surface area (Å²) in [6.07, 6.45) is 6.69. The molecule has 3 aromatic heterocycles. The molecule has 0 amide bonds. The molecule has 3 heterocycles. The van der Waals surface area contributed by atoms with Gasteiger partial charge in [-0.1, -0.05) is 13.3 Å². The summed E-state index contributed by atoms with van der Waals surface area (Å²) < 4.78 is 15.1. The number of nitriles is 1. The standard InChI is InChI=1S/C18H16FN5/c1-2-4-13-9-15(19)12-22-17(13)10-16-6-8-23-24(16)18-14(11-20)5-3-7-21-18/h3,5-9,12H,2,4,10H2,1H3. The molecule has 3 aromatic rings. The normalized spacial score (nSPS) is 10.5. The van der Waals surface area contributed by atoms with E-state index in [1.807, 2.05) is 13.0 Å². The van der Waals surface area contributed by atoms with Gasteiger partial charge in [-0.2, -0.15) is 10.4 Å². The molecule has 0 atom stereocenters. The molecule has 0 aliphatic heterocycles. The second-order valence-corrected chi connectivity index (χ2v) is 5.41. The van der Waals surface area contributed by atoms with E-state index < -0.39 is 0 Å². The fourth-order valence-corrected chi connectivity index (χ4v) is 2.63. The number of aromatic nitrogens is 4. The first-order chi connectivity index (χ1) is 11.7. The first kappa shape index (κ1) is 15.8. The van der Waals surface area contributed by atoms with Crippen LogP contribution >= 0.6 is 0 Å². The lowest BCUT2D eigenvalue weighted by atomic mass is 10.0. The lowest BCUT2D eigenvalue weighted by Crippen LogP contribution is -2.09. The Morgan fingerprint density at radius 2 is 2.12 bits per heavy atom. The van der Waals surface area contributed by atoms with Crippen LogP contribution in [0.1, 0.15) is 35.9 Å². The van der Waals surface area contributed by atoms with E-state index >= 15 is 0 Å². The van der Waals surface area contributed by atoms with E-state index in [4.69, 9.17) is 0 Å². The third-order valence-corrected chi connectivity index (χ3v) is 3.72. The zero-order valence-corrected chi connectivity index (χ0v) is 13.3. The summed E-state index contributed by atoms with van der Waals surface area (Å²) in [5, 5.41) is 13.5. The van der Waals surface area contributed by atoms with Crippen molar-refractivity contribution < 1.29 is 4.39 Å². The third kappa shape index (κ3) is 3.15. The molecule has 0 spiro atoms. The molecule has 24 heavy (non-hydrogen) atoms. The van der Waals surface area contributed by atoms with Crippen molar-refractivity contribution >= 4 is 0 Å². The van der Waals surface area contributed by atoms with Gasteiger partial charge in [0.1, 0.15) is 11.9 Å². The Kier molecular flexibility index (Phi) is 4.62. The van der Waals surface area contributed by atoms with Crippen LogP contribution in [0.4, 0.5) is 4.39 Å². The van der Waals surface area contributed by atoms with Crippen LogP contribution in [0.5, 0.6) is 0 Å². The van der Waals surface area contributed by atoms with Crippen molar-refractivity contribution in [1.82, 2.24) is 19.7 Å². The number of hydrogen-bond donors (Lipinski definition) is 0. The molecule has 0 unspecified atom stereocenters. The highest BCUT2D eigenvalue weighted by molar-refractivity contribution is 5.43. The number of halogens is 1. The molecule has 0 N–H and O–H groups in total. The number of nitrogens with zero attached hydrogens (tertiary/aromatic N) is 5. The van der Waals surface area contributed by atoms with E-state index in [1.165, 1.54) is 12.3 Å². The van der Waals surface area contributed by atoms with Crippen LogP contribution in [0.25, 0.3) is 5.82 Å². The molecular weight excluding hydrogens is 305 g/mol. The second kappa shape index (κ2) is 7.01. The van der Waals surface area contributed by atoms with Crippen molar-refractivity contribution in [3.05, 3.63) is 71.2 Å². The summed E-state index contributed by atoms with van der Waals surface area (Å²) in [6.45, 7) is 2.05. The minimum absolute atomic E-state index is 0.327. The Morgan fingerprint density at radius 3 is 2.92 bits per heavy atom. The largest absolute Gasteiger partial charge is 0.258 e. The Hall–Kier alpha value is -3.07. The second-order valence-electron chi connectivity index (χ2n) is 5.41. The molecule has 0 aromatic carbocycles. The van der Waals surface area contributed by atoms with Gasteiger partial charge in [0.2, 0.25) is 0 Å². The van der Waals surface area contributed by atoms with Gasteiger partial charge in [-0.25, -0.2) is 14.1 Å². The lowest BCUT2D eigenvalue weighted by molar-refractivity contribution is 0.614. The maximum Gasteiger partial charge on any atom is 0.171 e. The Morgan fingerprint density at radius 1 is 1.25 bits per heavy atom. The molecular formula is C18H16FN5. The van der Waals surface area contributed by atoms with Crippen molar-refractivity contribution in [1.29, 1.82) is 5.26 Å². The molecule has 3 rings (SSSR count). The Balaban J connectivity index is 1.99. The van der Waals surface area contributed by atoms with Gasteiger partial charge in [-0.15, -0.1) is 0 Å². The average molecular weight is 321 g/mol. The molecule has 5 nitrogen and oxygen atoms in total. The highest BCUT2D eigenvalue weighted by atomic mass is 19.1. The van der Waals surface area contributed by atoms with Gasteiger partial charge in [-0.05, 0) is 36.2 Å². The van der Waals surface area contributed by atoms with Crippen LogP contribution in [-0.2, 0) is 12.8 Å². The number of aryl methyl sites for hydroxylation is 1. The predicted octanol–water partition coefficient (Wildman–Crippen LogP) is 3.22. The molecule has 0 saturated heterocycles. The van der Waals surface area contributed by atoms with E-state index in [2.05, 4.69) is 21.1 Å². The average Bonchev–Trinajstić information content (AvgIpc) is 3.05. The number of rotatable bonds is 5. The SMILES string of the molecule is CCCc1cc(F)cnc1Cc1ccnn1-c1ncccc1C#N. The summed E-state index contributed by atoms with van der Waals surface area (Å²) in [5.74, 6) is 0.159. The van der Waals surface area contributed by atoms with Crippen molar-refractivity contribution in [2.45, 2.75) is 26.2 Å². The molecule has 120 valence electrons. The third-order valence-electron chi connectivity index (χ3n) is 3.72. The summed E-state index contributed by atoms with van der Waals surface area (Å²) >= 11 is 0. The molecule has 0 aliphatic carbocycles. The van der Waals surface area contributed by atoms with Gasteiger partial charge in [0.25, 0.3) is 0 Å². The smallest absolute Gasteiger partial charge is 0.171 e. The first-order valence-electron chi connectivity index (χ1n) is 7.74. The predicted molar refractivity (Wildman–Crippen MR) is 87.1 cm³/mol. The topological polar surface area (TPSA) is 67.4 Å². The van der Waals surface area contributed by atoms with E-state index in [9.17, 15) is 9.65 Å². The summed E-state index contributed by atoms with van der Waals surface area (Å²) in [5.41, 5.74) is 3.01. The highest BCUT2D eigenvalue weighted by Crippen LogP contribution is 2.18. The van der Waals surface area contributed by atoms with E-state index in [-0.39, 0.29) is 5.82 Å². The molecule has 0 aliphatic rings. The van der Waals surface area contributed by atoms with Crippen LogP contribution in [0.3, 0.4) is 0 Å². The van der Waals surface area contributed by atoms with E-state index in [1.54, 1.807) is 29.2 Å². The zero-order valence-electron chi connectivity index (χ0n) is 13.3. The van der Waals surface area contributed by atoms with E-state index in [0.717, 1.165) is 29.8 Å². The highest BCUT2D eigenvalue weighted by Gasteiger charge is 2.14. The summed E-state index contributed by atoms with van der Waals surface area (Å²) in [6, 6.07) is 8.93. The Bertz CT molecular complexity index is 894. The van der Waals surface area contributed by atoms with Gasteiger partial charge < -0.3 is 0 Å². The fraction of sp³-hybridized carbons (Fsp3) is 0.222. The monoisotopic (exact) mass is 321 g/mol. The van der Waals surface area contributed by atoms with Gasteiger partial charge in [0, 0.05) is 24.5 Å². The lowest BCUT2D eigenvalue weighted by Gasteiger charge is -2.10. The van der Waals surface area contributed by atoms with Crippen molar-refractivity contribution in [3.63, 3.8) is 0 Å². The van der Waals surface area contributed by atoms with Crippen LogP contribution in [0.2, 0.25) is 0 Å². The maximum absolute atomic E-state index is 13.5. The molecule has 0 fully saturated rings. The van der Waals surface area contributed by atoms with Gasteiger partial charge >= 0.3 is 0 Å². The molecule has 0 radical (unpaired) electrons.